The van der Waals surface area contributed by atoms with Gasteiger partial charge in [0.05, 0.1) is 7.11 Å². The second-order valence-corrected chi connectivity index (χ2v) is 4.30. The smallest absolute Gasteiger partial charge is 0.119 e. The zero-order valence-electron chi connectivity index (χ0n) is 10.4. The van der Waals surface area contributed by atoms with E-state index < -0.39 is 0 Å². The van der Waals surface area contributed by atoms with Gasteiger partial charge in [-0.05, 0) is 57.2 Å². The summed E-state index contributed by atoms with van der Waals surface area (Å²) < 4.78 is 5.22. The maximum Gasteiger partial charge on any atom is 0.119 e. The summed E-state index contributed by atoms with van der Waals surface area (Å²) in [6, 6.07) is 8.18. The van der Waals surface area contributed by atoms with Gasteiger partial charge in [0.2, 0.25) is 0 Å². The molecule has 0 heterocycles. The quantitative estimate of drug-likeness (QED) is 0.796. The molecule has 3 heteroatoms. The predicted octanol–water partition coefficient (Wildman–Crippen LogP) is 1.69. The number of rotatable bonds is 6. The van der Waals surface area contributed by atoms with Gasteiger partial charge < -0.3 is 15.4 Å². The van der Waals surface area contributed by atoms with E-state index in [1.165, 1.54) is 5.56 Å². The fraction of sp³-hybridized carbons (Fsp3) is 0.538. The lowest BCUT2D eigenvalue weighted by atomic mass is 9.95. The molecule has 0 aliphatic carbocycles. The molecule has 0 fully saturated rings. The van der Waals surface area contributed by atoms with E-state index in [9.17, 15) is 0 Å². The van der Waals surface area contributed by atoms with Gasteiger partial charge in [0.25, 0.3) is 0 Å². The molecule has 0 spiro atoms. The van der Waals surface area contributed by atoms with Crippen molar-refractivity contribution in [3.8, 4) is 5.75 Å². The van der Waals surface area contributed by atoms with Crippen LogP contribution in [0.3, 0.4) is 0 Å². The van der Waals surface area contributed by atoms with Crippen molar-refractivity contribution in [2.24, 2.45) is 5.73 Å². The monoisotopic (exact) mass is 222 g/mol. The molecule has 1 rings (SSSR count). The lowest BCUT2D eigenvalue weighted by Crippen LogP contribution is -2.20. The summed E-state index contributed by atoms with van der Waals surface area (Å²) in [4.78, 5) is 2.18. The SMILES string of the molecule is COc1cccc(C(CN)CCN(C)C)c1. The van der Waals surface area contributed by atoms with E-state index in [1.54, 1.807) is 7.11 Å². The summed E-state index contributed by atoms with van der Waals surface area (Å²) in [5.41, 5.74) is 7.09. The first kappa shape index (κ1) is 13.0. The van der Waals surface area contributed by atoms with Crippen LogP contribution in [-0.2, 0) is 0 Å². The third-order valence-electron chi connectivity index (χ3n) is 2.77. The lowest BCUT2D eigenvalue weighted by Gasteiger charge is -2.18. The molecule has 0 aromatic heterocycles. The van der Waals surface area contributed by atoms with Crippen molar-refractivity contribution >= 4 is 0 Å². The number of hydrogen-bond acceptors (Lipinski definition) is 3. The Bertz CT molecular complexity index is 313. The first-order valence-electron chi connectivity index (χ1n) is 5.66. The van der Waals surface area contributed by atoms with Gasteiger partial charge in [-0.1, -0.05) is 12.1 Å². The van der Waals surface area contributed by atoms with Crippen LogP contribution in [-0.4, -0.2) is 39.2 Å². The Kier molecular flexibility index (Phi) is 5.29. The fourth-order valence-corrected chi connectivity index (χ4v) is 1.73. The Morgan fingerprint density at radius 1 is 1.38 bits per heavy atom. The average molecular weight is 222 g/mol. The number of nitrogens with zero attached hydrogens (tertiary/aromatic N) is 1. The van der Waals surface area contributed by atoms with Gasteiger partial charge in [-0.15, -0.1) is 0 Å². The minimum atomic E-state index is 0.414. The van der Waals surface area contributed by atoms with E-state index in [-0.39, 0.29) is 0 Å². The van der Waals surface area contributed by atoms with Crippen molar-refractivity contribution in [1.82, 2.24) is 4.90 Å². The molecule has 3 nitrogen and oxygen atoms in total. The second kappa shape index (κ2) is 6.51. The van der Waals surface area contributed by atoms with Crippen LogP contribution in [0.5, 0.6) is 5.75 Å². The lowest BCUT2D eigenvalue weighted by molar-refractivity contribution is 0.381. The predicted molar refractivity (Wildman–Crippen MR) is 68.0 cm³/mol. The molecule has 2 N–H and O–H groups in total. The van der Waals surface area contributed by atoms with Crippen LogP contribution in [0.25, 0.3) is 0 Å². The molecule has 0 aliphatic rings. The number of nitrogens with two attached hydrogens (primary N) is 1. The highest BCUT2D eigenvalue weighted by Gasteiger charge is 2.10. The topological polar surface area (TPSA) is 38.5 Å². The molecule has 0 radical (unpaired) electrons. The highest BCUT2D eigenvalue weighted by Crippen LogP contribution is 2.22. The Labute approximate surface area is 98.2 Å². The zero-order valence-corrected chi connectivity index (χ0v) is 10.4. The molecular weight excluding hydrogens is 200 g/mol. The maximum absolute atomic E-state index is 5.82. The second-order valence-electron chi connectivity index (χ2n) is 4.30. The van der Waals surface area contributed by atoms with Crippen LogP contribution < -0.4 is 10.5 Å². The maximum atomic E-state index is 5.82. The third kappa shape index (κ3) is 3.83. The van der Waals surface area contributed by atoms with Gasteiger partial charge in [-0.3, -0.25) is 0 Å². The molecular formula is C13H22N2O. The summed E-state index contributed by atoms with van der Waals surface area (Å²) >= 11 is 0. The molecule has 0 saturated heterocycles. The van der Waals surface area contributed by atoms with Gasteiger partial charge in [0.15, 0.2) is 0 Å². The highest BCUT2D eigenvalue weighted by atomic mass is 16.5. The molecule has 90 valence electrons. The molecule has 1 unspecified atom stereocenters. The van der Waals surface area contributed by atoms with Crippen molar-refractivity contribution < 1.29 is 4.74 Å². The van der Waals surface area contributed by atoms with Crippen molar-refractivity contribution in [2.45, 2.75) is 12.3 Å². The molecule has 1 atom stereocenters. The summed E-state index contributed by atoms with van der Waals surface area (Å²) in [5.74, 6) is 1.32. The van der Waals surface area contributed by atoms with Crippen LogP contribution in [0.15, 0.2) is 24.3 Å². The first-order chi connectivity index (χ1) is 7.67. The molecule has 0 bridgehead atoms. The molecule has 1 aromatic rings. The fourth-order valence-electron chi connectivity index (χ4n) is 1.73. The molecule has 0 aliphatic heterocycles. The van der Waals surface area contributed by atoms with E-state index in [0.717, 1.165) is 18.7 Å². The van der Waals surface area contributed by atoms with Gasteiger partial charge >= 0.3 is 0 Å². The van der Waals surface area contributed by atoms with Crippen molar-refractivity contribution in [1.29, 1.82) is 0 Å². The Morgan fingerprint density at radius 2 is 2.12 bits per heavy atom. The van der Waals surface area contributed by atoms with Crippen LogP contribution in [0.4, 0.5) is 0 Å². The summed E-state index contributed by atoms with van der Waals surface area (Å²) in [6.45, 7) is 1.74. The number of hydrogen-bond donors (Lipinski definition) is 1. The van der Waals surface area contributed by atoms with E-state index in [2.05, 4.69) is 31.1 Å². The number of methoxy groups -OCH3 is 1. The standard InChI is InChI=1S/C13H22N2O/c1-15(2)8-7-12(10-14)11-5-4-6-13(9-11)16-3/h4-6,9,12H,7-8,10,14H2,1-3H3. The van der Waals surface area contributed by atoms with E-state index in [0.29, 0.717) is 12.5 Å². The van der Waals surface area contributed by atoms with E-state index in [1.807, 2.05) is 12.1 Å². The summed E-state index contributed by atoms with van der Waals surface area (Å²) in [5, 5.41) is 0. The van der Waals surface area contributed by atoms with Crippen molar-refractivity contribution in [2.75, 3.05) is 34.3 Å². The number of ether oxygens (including phenoxy) is 1. The minimum Gasteiger partial charge on any atom is -0.497 e. The van der Waals surface area contributed by atoms with Crippen molar-refractivity contribution in [3.05, 3.63) is 29.8 Å². The average Bonchev–Trinajstić information content (AvgIpc) is 2.30. The minimum absolute atomic E-state index is 0.414. The van der Waals surface area contributed by atoms with E-state index in [4.69, 9.17) is 10.5 Å². The molecule has 0 saturated carbocycles. The van der Waals surface area contributed by atoms with Crippen LogP contribution >= 0.6 is 0 Å². The van der Waals surface area contributed by atoms with E-state index >= 15 is 0 Å². The number of benzene rings is 1. The Morgan fingerprint density at radius 3 is 2.69 bits per heavy atom. The molecule has 0 amide bonds. The highest BCUT2D eigenvalue weighted by molar-refractivity contribution is 5.31. The van der Waals surface area contributed by atoms with Gasteiger partial charge in [0, 0.05) is 0 Å². The van der Waals surface area contributed by atoms with Gasteiger partial charge in [-0.25, -0.2) is 0 Å². The summed E-state index contributed by atoms with van der Waals surface area (Å²) in [6.07, 6.45) is 1.08. The normalized spacial score (nSPS) is 12.8. The third-order valence-corrected chi connectivity index (χ3v) is 2.77. The Hall–Kier alpha value is -1.06. The Balaban J connectivity index is 2.70. The van der Waals surface area contributed by atoms with Crippen molar-refractivity contribution in [3.63, 3.8) is 0 Å². The molecule has 16 heavy (non-hydrogen) atoms. The summed E-state index contributed by atoms with van der Waals surface area (Å²) in [7, 11) is 5.86. The first-order valence-corrected chi connectivity index (χ1v) is 5.66. The molecule has 1 aromatic carbocycles. The zero-order chi connectivity index (χ0) is 12.0. The van der Waals surface area contributed by atoms with Gasteiger partial charge in [-0.2, -0.15) is 0 Å². The van der Waals surface area contributed by atoms with Crippen LogP contribution in [0, 0.1) is 0 Å². The van der Waals surface area contributed by atoms with Crippen LogP contribution in [0.2, 0.25) is 0 Å². The van der Waals surface area contributed by atoms with Crippen LogP contribution in [0.1, 0.15) is 17.9 Å². The largest absolute Gasteiger partial charge is 0.497 e. The van der Waals surface area contributed by atoms with Gasteiger partial charge in [0.1, 0.15) is 5.75 Å².